The maximum Gasteiger partial charge on any atom is 0.199 e. The molecule has 1 atom stereocenters. The minimum Gasteiger partial charge on any atom is -0.388 e. The number of aliphatic hydroxyl groups excluding tert-OH is 1. The Hall–Kier alpha value is -1.66. The number of rotatable bonds is 5. The fourth-order valence-electron chi connectivity index (χ4n) is 3.35. The van der Waals surface area contributed by atoms with Gasteiger partial charge >= 0.3 is 0 Å². The number of fused-ring (bicyclic) bond motifs is 1. The quantitative estimate of drug-likeness (QED) is 0.855. The van der Waals surface area contributed by atoms with E-state index in [1.165, 1.54) is 11.3 Å². The van der Waals surface area contributed by atoms with E-state index in [-0.39, 0.29) is 6.61 Å². The topological polar surface area (TPSA) is 46.2 Å². The lowest BCUT2D eigenvalue weighted by Crippen LogP contribution is -2.36. The van der Waals surface area contributed by atoms with E-state index in [1.807, 2.05) is 9.25 Å². The first-order valence-electron chi connectivity index (χ1n) is 8.24. The van der Waals surface area contributed by atoms with Crippen LogP contribution in [-0.4, -0.2) is 26.0 Å². The molecular weight excluding hydrogens is 308 g/mol. The highest BCUT2D eigenvalue weighted by Gasteiger charge is 2.22. The van der Waals surface area contributed by atoms with E-state index in [2.05, 4.69) is 48.1 Å². The van der Waals surface area contributed by atoms with Gasteiger partial charge in [0, 0.05) is 18.8 Å². The van der Waals surface area contributed by atoms with Gasteiger partial charge in [-0.1, -0.05) is 32.0 Å². The zero-order valence-corrected chi connectivity index (χ0v) is 14.6. The van der Waals surface area contributed by atoms with Gasteiger partial charge in [0.15, 0.2) is 10.6 Å². The van der Waals surface area contributed by atoms with Gasteiger partial charge in [0.25, 0.3) is 0 Å². The van der Waals surface area contributed by atoms with Crippen molar-refractivity contribution in [3.63, 3.8) is 0 Å². The third kappa shape index (κ3) is 3.19. The minimum atomic E-state index is -0.0797. The van der Waals surface area contributed by atoms with Crippen molar-refractivity contribution in [1.29, 1.82) is 0 Å². The minimum absolute atomic E-state index is 0.0797. The van der Waals surface area contributed by atoms with E-state index in [1.54, 1.807) is 0 Å². The third-order valence-corrected chi connectivity index (χ3v) is 4.76. The molecule has 0 amide bonds. The van der Waals surface area contributed by atoms with Gasteiger partial charge in [-0.05, 0) is 42.6 Å². The summed E-state index contributed by atoms with van der Waals surface area (Å²) in [6.45, 7) is 6.71. The summed E-state index contributed by atoms with van der Waals surface area (Å²) < 4.78 is 4.46. The zero-order valence-electron chi connectivity index (χ0n) is 13.8. The molecule has 0 saturated heterocycles. The Labute approximate surface area is 142 Å². The molecule has 23 heavy (non-hydrogen) atoms. The molecule has 0 spiro atoms. The van der Waals surface area contributed by atoms with Crippen molar-refractivity contribution < 1.29 is 5.11 Å². The van der Waals surface area contributed by atoms with Crippen LogP contribution < -0.4 is 4.90 Å². The SMILES string of the molecule is CCCn1c(CO)nn(CN2CC(C)Cc3ccccc32)c1=S. The number of hydrogen-bond donors (Lipinski definition) is 1. The normalized spacial score (nSPS) is 17.3. The van der Waals surface area contributed by atoms with Crippen LogP contribution in [0.4, 0.5) is 5.69 Å². The van der Waals surface area contributed by atoms with Crippen LogP contribution in [0.15, 0.2) is 24.3 Å². The second-order valence-corrected chi connectivity index (χ2v) is 6.68. The second-order valence-electron chi connectivity index (χ2n) is 6.31. The van der Waals surface area contributed by atoms with Crippen LogP contribution in [0.25, 0.3) is 0 Å². The van der Waals surface area contributed by atoms with E-state index in [0.717, 1.165) is 25.9 Å². The fourth-order valence-corrected chi connectivity index (χ4v) is 3.64. The molecular formula is C17H24N4OS. The van der Waals surface area contributed by atoms with Gasteiger partial charge in [-0.15, -0.1) is 0 Å². The summed E-state index contributed by atoms with van der Waals surface area (Å²) in [4.78, 5) is 2.34. The summed E-state index contributed by atoms with van der Waals surface area (Å²) in [6.07, 6.45) is 2.08. The smallest absolute Gasteiger partial charge is 0.199 e. The number of para-hydroxylation sites is 1. The van der Waals surface area contributed by atoms with E-state index in [4.69, 9.17) is 12.2 Å². The Balaban J connectivity index is 1.92. The Morgan fingerprint density at radius 2 is 2.13 bits per heavy atom. The van der Waals surface area contributed by atoms with Crippen molar-refractivity contribution in [3.05, 3.63) is 40.4 Å². The van der Waals surface area contributed by atoms with Crippen LogP contribution in [0.3, 0.4) is 0 Å². The molecule has 6 heteroatoms. The summed E-state index contributed by atoms with van der Waals surface area (Å²) in [6, 6.07) is 8.55. The maximum atomic E-state index is 9.53. The maximum absolute atomic E-state index is 9.53. The monoisotopic (exact) mass is 332 g/mol. The first-order chi connectivity index (χ1) is 11.1. The van der Waals surface area contributed by atoms with Crippen LogP contribution in [0.5, 0.6) is 0 Å². The number of nitrogens with zero attached hydrogens (tertiary/aromatic N) is 4. The lowest BCUT2D eigenvalue weighted by Gasteiger charge is -2.34. The van der Waals surface area contributed by atoms with Crippen LogP contribution in [0.2, 0.25) is 0 Å². The molecule has 1 aromatic heterocycles. The van der Waals surface area contributed by atoms with Crippen molar-refractivity contribution in [2.24, 2.45) is 5.92 Å². The van der Waals surface area contributed by atoms with Gasteiger partial charge in [-0.3, -0.25) is 0 Å². The van der Waals surface area contributed by atoms with E-state index in [9.17, 15) is 5.11 Å². The number of hydrogen-bond acceptors (Lipinski definition) is 4. The van der Waals surface area contributed by atoms with Crippen molar-refractivity contribution in [2.45, 2.75) is 46.5 Å². The van der Waals surface area contributed by atoms with Crippen molar-refractivity contribution in [1.82, 2.24) is 14.3 Å². The number of aliphatic hydroxyl groups is 1. The summed E-state index contributed by atoms with van der Waals surface area (Å²) in [7, 11) is 0. The molecule has 0 radical (unpaired) electrons. The van der Waals surface area contributed by atoms with Gasteiger partial charge in [-0.25, -0.2) is 4.68 Å². The Kier molecular flexibility index (Phi) is 4.82. The standard InChI is InChI=1S/C17H24N4OS/c1-3-8-20-16(11-22)18-21(17(20)23)12-19-10-13(2)9-14-6-4-5-7-15(14)19/h4-7,13,22H,3,8-12H2,1-2H3. The van der Waals surface area contributed by atoms with Gasteiger partial charge in [-0.2, -0.15) is 5.10 Å². The highest BCUT2D eigenvalue weighted by molar-refractivity contribution is 7.71. The van der Waals surface area contributed by atoms with Crippen LogP contribution in [0, 0.1) is 10.7 Å². The number of benzene rings is 1. The van der Waals surface area contributed by atoms with Crippen LogP contribution in [-0.2, 0) is 26.2 Å². The summed E-state index contributed by atoms with van der Waals surface area (Å²) in [5.74, 6) is 1.25. The molecule has 1 N–H and O–H groups in total. The predicted molar refractivity (Wildman–Crippen MR) is 93.9 cm³/mol. The lowest BCUT2D eigenvalue weighted by atomic mass is 9.94. The summed E-state index contributed by atoms with van der Waals surface area (Å²) in [5.41, 5.74) is 2.65. The Morgan fingerprint density at radius 1 is 1.35 bits per heavy atom. The van der Waals surface area contributed by atoms with E-state index < -0.39 is 0 Å². The Bertz CT molecular complexity index is 736. The molecule has 0 bridgehead atoms. The molecule has 5 nitrogen and oxygen atoms in total. The second kappa shape index (κ2) is 6.84. The van der Waals surface area contributed by atoms with E-state index in [0.29, 0.717) is 23.2 Å². The molecule has 0 fully saturated rings. The molecule has 1 unspecified atom stereocenters. The fraction of sp³-hybridized carbons (Fsp3) is 0.529. The molecule has 1 aliphatic rings. The first-order valence-corrected chi connectivity index (χ1v) is 8.65. The highest BCUT2D eigenvalue weighted by atomic mass is 32.1. The zero-order chi connectivity index (χ0) is 16.4. The van der Waals surface area contributed by atoms with Crippen molar-refractivity contribution in [2.75, 3.05) is 11.4 Å². The molecule has 0 saturated carbocycles. The van der Waals surface area contributed by atoms with Gasteiger partial charge in [0.2, 0.25) is 0 Å². The molecule has 3 rings (SSSR count). The van der Waals surface area contributed by atoms with E-state index >= 15 is 0 Å². The van der Waals surface area contributed by atoms with Crippen LogP contribution in [0.1, 0.15) is 31.7 Å². The predicted octanol–water partition coefficient (Wildman–Crippen LogP) is 2.97. The molecule has 2 heterocycles. The lowest BCUT2D eigenvalue weighted by molar-refractivity contribution is 0.263. The largest absolute Gasteiger partial charge is 0.388 e. The average molecular weight is 332 g/mol. The average Bonchev–Trinajstić information content (AvgIpc) is 2.84. The highest BCUT2D eigenvalue weighted by Crippen LogP contribution is 2.29. The molecule has 0 aliphatic carbocycles. The molecule has 1 aliphatic heterocycles. The molecule has 2 aromatic rings. The van der Waals surface area contributed by atoms with Crippen molar-refractivity contribution >= 4 is 17.9 Å². The van der Waals surface area contributed by atoms with Crippen LogP contribution >= 0.6 is 12.2 Å². The number of aromatic nitrogens is 3. The van der Waals surface area contributed by atoms with Crippen molar-refractivity contribution in [3.8, 4) is 0 Å². The Morgan fingerprint density at radius 3 is 2.87 bits per heavy atom. The third-order valence-electron chi connectivity index (χ3n) is 4.33. The molecule has 1 aromatic carbocycles. The summed E-state index contributed by atoms with van der Waals surface area (Å²) in [5, 5.41) is 14.1. The van der Waals surface area contributed by atoms with Gasteiger partial charge in [0.1, 0.15) is 13.3 Å². The summed E-state index contributed by atoms with van der Waals surface area (Å²) >= 11 is 5.57. The van der Waals surface area contributed by atoms with Gasteiger partial charge in [0.05, 0.1) is 0 Å². The first kappa shape index (κ1) is 16.2. The molecule has 124 valence electrons. The number of anilines is 1. The van der Waals surface area contributed by atoms with Gasteiger partial charge < -0.3 is 14.6 Å².